The van der Waals surface area contributed by atoms with Crippen LogP contribution in [0.5, 0.6) is 0 Å². The first-order valence-corrected chi connectivity index (χ1v) is 7.88. The third-order valence-corrected chi connectivity index (χ3v) is 4.15. The molecule has 4 nitrogen and oxygen atoms in total. The zero-order valence-corrected chi connectivity index (χ0v) is 13.4. The quantitative estimate of drug-likeness (QED) is 0.882. The Hall–Kier alpha value is -2.62. The van der Waals surface area contributed by atoms with Crippen molar-refractivity contribution in [1.29, 1.82) is 0 Å². The second kappa shape index (κ2) is 6.24. The minimum atomic E-state index is -0.505. The van der Waals surface area contributed by atoms with E-state index in [4.69, 9.17) is 0 Å². The maximum absolute atomic E-state index is 12.7. The van der Waals surface area contributed by atoms with E-state index in [9.17, 15) is 9.59 Å². The number of nitrogens with zero attached hydrogens (tertiary/aromatic N) is 1. The fraction of sp³-hybridized carbons (Fsp3) is 0.263. The zero-order chi connectivity index (χ0) is 16.4. The fourth-order valence-corrected chi connectivity index (χ4v) is 2.88. The maximum atomic E-state index is 12.7. The van der Waals surface area contributed by atoms with Crippen LogP contribution in [0.15, 0.2) is 48.5 Å². The largest absolute Gasteiger partial charge is 0.373 e. The molecule has 2 aromatic rings. The van der Waals surface area contributed by atoms with E-state index in [0.717, 1.165) is 23.2 Å². The molecular formula is C19H20N2O2. The van der Waals surface area contributed by atoms with Crippen LogP contribution in [0.1, 0.15) is 24.5 Å². The van der Waals surface area contributed by atoms with E-state index < -0.39 is 6.04 Å². The van der Waals surface area contributed by atoms with Crippen molar-refractivity contribution in [3.05, 3.63) is 59.7 Å². The standard InChI is InChI=1S/C19H20N2O2/c1-3-14-6-4-5-7-17(14)21-18(22)12-16(19(21)23)20-15-10-8-13(2)9-11-15/h4-11,16,20H,3,12H2,1-2H3/t16-/m1/s1. The summed E-state index contributed by atoms with van der Waals surface area (Å²) in [7, 11) is 0. The molecule has 0 saturated carbocycles. The molecule has 0 aliphatic carbocycles. The van der Waals surface area contributed by atoms with Gasteiger partial charge in [0.15, 0.2) is 0 Å². The van der Waals surface area contributed by atoms with E-state index in [1.54, 1.807) is 0 Å². The lowest BCUT2D eigenvalue weighted by atomic mass is 10.1. The molecular weight excluding hydrogens is 288 g/mol. The number of anilines is 2. The van der Waals surface area contributed by atoms with Crippen molar-refractivity contribution in [2.24, 2.45) is 0 Å². The minimum absolute atomic E-state index is 0.152. The molecule has 1 saturated heterocycles. The average Bonchev–Trinajstić information content (AvgIpc) is 2.83. The normalized spacial score (nSPS) is 17.7. The van der Waals surface area contributed by atoms with Gasteiger partial charge >= 0.3 is 0 Å². The first kappa shape index (κ1) is 15.3. The monoisotopic (exact) mass is 308 g/mol. The Balaban J connectivity index is 1.84. The van der Waals surface area contributed by atoms with E-state index in [2.05, 4.69) is 5.32 Å². The van der Waals surface area contributed by atoms with E-state index in [1.165, 1.54) is 4.90 Å². The molecule has 2 aromatic carbocycles. The number of imide groups is 1. The number of hydrogen-bond donors (Lipinski definition) is 1. The summed E-state index contributed by atoms with van der Waals surface area (Å²) in [4.78, 5) is 26.4. The molecule has 0 bridgehead atoms. The molecule has 0 aromatic heterocycles. The maximum Gasteiger partial charge on any atom is 0.256 e. The van der Waals surface area contributed by atoms with Crippen LogP contribution in [0.4, 0.5) is 11.4 Å². The summed E-state index contributed by atoms with van der Waals surface area (Å²) in [5.41, 5.74) is 3.72. The smallest absolute Gasteiger partial charge is 0.256 e. The van der Waals surface area contributed by atoms with Crippen LogP contribution in [-0.4, -0.2) is 17.9 Å². The second-order valence-corrected chi connectivity index (χ2v) is 5.82. The van der Waals surface area contributed by atoms with Crippen molar-refractivity contribution >= 4 is 23.2 Å². The van der Waals surface area contributed by atoms with Crippen molar-refractivity contribution in [3.8, 4) is 0 Å². The summed E-state index contributed by atoms with van der Waals surface area (Å²) in [6, 6.07) is 14.9. The van der Waals surface area contributed by atoms with E-state index in [0.29, 0.717) is 5.69 Å². The average molecular weight is 308 g/mol. The van der Waals surface area contributed by atoms with Crippen LogP contribution < -0.4 is 10.2 Å². The van der Waals surface area contributed by atoms with Crippen LogP contribution in [0, 0.1) is 6.92 Å². The molecule has 0 unspecified atom stereocenters. The van der Waals surface area contributed by atoms with Crippen LogP contribution in [0.25, 0.3) is 0 Å². The highest BCUT2D eigenvalue weighted by Gasteiger charge is 2.40. The highest BCUT2D eigenvalue weighted by atomic mass is 16.2. The topological polar surface area (TPSA) is 49.4 Å². The first-order chi connectivity index (χ1) is 11.1. The third kappa shape index (κ3) is 2.97. The number of carbonyl (C=O) groups excluding carboxylic acids is 2. The Kier molecular flexibility index (Phi) is 4.15. The Morgan fingerprint density at radius 3 is 2.48 bits per heavy atom. The van der Waals surface area contributed by atoms with Gasteiger partial charge in [-0.15, -0.1) is 0 Å². The highest BCUT2D eigenvalue weighted by Crippen LogP contribution is 2.28. The number of nitrogens with one attached hydrogen (secondary N) is 1. The van der Waals surface area contributed by atoms with Crippen molar-refractivity contribution < 1.29 is 9.59 Å². The summed E-state index contributed by atoms with van der Waals surface area (Å²) >= 11 is 0. The summed E-state index contributed by atoms with van der Waals surface area (Å²) < 4.78 is 0. The Morgan fingerprint density at radius 2 is 1.78 bits per heavy atom. The van der Waals surface area contributed by atoms with Gasteiger partial charge in [-0.2, -0.15) is 0 Å². The number of amides is 2. The molecule has 118 valence electrons. The van der Waals surface area contributed by atoms with Gasteiger partial charge in [-0.25, -0.2) is 4.90 Å². The Labute approximate surface area is 136 Å². The SMILES string of the molecule is CCc1ccccc1N1C(=O)C[C@@H](Nc2ccc(C)cc2)C1=O. The van der Waals surface area contributed by atoms with Crippen molar-refractivity contribution in [3.63, 3.8) is 0 Å². The lowest BCUT2D eigenvalue weighted by Gasteiger charge is -2.19. The Bertz CT molecular complexity index is 737. The van der Waals surface area contributed by atoms with Crippen LogP contribution in [0.3, 0.4) is 0 Å². The number of aryl methyl sites for hydroxylation is 2. The molecule has 0 spiro atoms. The predicted octanol–water partition coefficient (Wildman–Crippen LogP) is 3.30. The van der Waals surface area contributed by atoms with Gasteiger partial charge in [-0.3, -0.25) is 9.59 Å². The van der Waals surface area contributed by atoms with Gasteiger partial charge in [0.25, 0.3) is 5.91 Å². The van der Waals surface area contributed by atoms with Gasteiger partial charge in [-0.1, -0.05) is 42.8 Å². The number of rotatable bonds is 4. The van der Waals surface area contributed by atoms with Gasteiger partial charge in [0, 0.05) is 5.69 Å². The Morgan fingerprint density at radius 1 is 1.09 bits per heavy atom. The van der Waals surface area contributed by atoms with E-state index in [-0.39, 0.29) is 18.2 Å². The lowest BCUT2D eigenvalue weighted by Crippen LogP contribution is -2.35. The molecule has 1 aliphatic heterocycles. The molecule has 1 fully saturated rings. The summed E-state index contributed by atoms with van der Waals surface area (Å²) in [6.45, 7) is 4.03. The van der Waals surface area contributed by atoms with Crippen molar-refractivity contribution in [2.75, 3.05) is 10.2 Å². The van der Waals surface area contributed by atoms with Crippen LogP contribution in [-0.2, 0) is 16.0 Å². The summed E-state index contributed by atoms with van der Waals surface area (Å²) in [5, 5.41) is 3.17. The predicted molar refractivity (Wildman–Crippen MR) is 91.5 cm³/mol. The highest BCUT2D eigenvalue weighted by molar-refractivity contribution is 6.23. The molecule has 0 radical (unpaired) electrons. The molecule has 1 heterocycles. The van der Waals surface area contributed by atoms with Crippen LogP contribution >= 0.6 is 0 Å². The van der Waals surface area contributed by atoms with Crippen LogP contribution in [0.2, 0.25) is 0 Å². The third-order valence-electron chi connectivity index (χ3n) is 4.15. The van der Waals surface area contributed by atoms with Gasteiger partial charge in [0.1, 0.15) is 6.04 Å². The van der Waals surface area contributed by atoms with Gasteiger partial charge in [0.05, 0.1) is 12.1 Å². The second-order valence-electron chi connectivity index (χ2n) is 5.82. The molecule has 1 N–H and O–H groups in total. The molecule has 1 atom stereocenters. The number of benzene rings is 2. The first-order valence-electron chi connectivity index (χ1n) is 7.88. The number of hydrogen-bond acceptors (Lipinski definition) is 3. The summed E-state index contributed by atoms with van der Waals surface area (Å²) in [5.74, 6) is -0.336. The lowest BCUT2D eigenvalue weighted by molar-refractivity contribution is -0.121. The fourth-order valence-electron chi connectivity index (χ4n) is 2.88. The van der Waals surface area contributed by atoms with Gasteiger partial charge in [-0.05, 0) is 37.1 Å². The molecule has 23 heavy (non-hydrogen) atoms. The minimum Gasteiger partial charge on any atom is -0.373 e. The molecule has 1 aliphatic rings. The zero-order valence-electron chi connectivity index (χ0n) is 13.4. The van der Waals surface area contributed by atoms with Crippen molar-refractivity contribution in [1.82, 2.24) is 0 Å². The molecule has 2 amide bonds. The van der Waals surface area contributed by atoms with Gasteiger partial charge in [0.2, 0.25) is 5.91 Å². The van der Waals surface area contributed by atoms with E-state index >= 15 is 0 Å². The number of carbonyl (C=O) groups is 2. The van der Waals surface area contributed by atoms with Crippen molar-refractivity contribution in [2.45, 2.75) is 32.7 Å². The molecule has 4 heteroatoms. The van der Waals surface area contributed by atoms with Gasteiger partial charge < -0.3 is 5.32 Å². The summed E-state index contributed by atoms with van der Waals surface area (Å²) in [6.07, 6.45) is 0.966. The number of para-hydroxylation sites is 1. The van der Waals surface area contributed by atoms with E-state index in [1.807, 2.05) is 62.4 Å². The molecule has 3 rings (SSSR count).